The van der Waals surface area contributed by atoms with Gasteiger partial charge in [0.05, 0.1) is 29.4 Å². The van der Waals surface area contributed by atoms with E-state index in [1.807, 2.05) is 11.4 Å². The molecule has 0 unspecified atom stereocenters. The second kappa shape index (κ2) is 4.93. The summed E-state index contributed by atoms with van der Waals surface area (Å²) < 4.78 is 13.5. The van der Waals surface area contributed by atoms with Crippen molar-refractivity contribution in [3.63, 3.8) is 0 Å². The molecule has 0 spiro atoms. The monoisotopic (exact) mass is 247 g/mol. The van der Waals surface area contributed by atoms with Crippen LogP contribution in [0.5, 0.6) is 0 Å². The Hall–Kier alpha value is -1.93. The highest BCUT2D eigenvalue weighted by Gasteiger charge is 2.07. The second-order valence-corrected chi connectivity index (χ2v) is 4.29. The van der Waals surface area contributed by atoms with Gasteiger partial charge in [-0.05, 0) is 19.1 Å². The minimum Gasteiger partial charge on any atom is -0.379 e. The number of aromatic nitrogens is 1. The Morgan fingerprint density at radius 3 is 3.00 bits per heavy atom. The number of benzene rings is 1. The third-order valence-corrected chi connectivity index (χ3v) is 3.05. The fourth-order valence-corrected chi connectivity index (χ4v) is 2.00. The summed E-state index contributed by atoms with van der Waals surface area (Å²) in [4.78, 5) is 4.12. The van der Waals surface area contributed by atoms with Crippen LogP contribution in [0.15, 0.2) is 23.0 Å². The number of halogens is 1. The van der Waals surface area contributed by atoms with Crippen LogP contribution >= 0.6 is 11.3 Å². The molecule has 5 heteroatoms. The second-order valence-electron chi connectivity index (χ2n) is 3.58. The fraction of sp³-hybridized carbons (Fsp3) is 0.167. The van der Waals surface area contributed by atoms with Gasteiger partial charge >= 0.3 is 0 Å². The largest absolute Gasteiger partial charge is 0.379 e. The minimum absolute atomic E-state index is 0.314. The van der Waals surface area contributed by atoms with Crippen molar-refractivity contribution < 1.29 is 4.39 Å². The van der Waals surface area contributed by atoms with Crippen LogP contribution in [0.1, 0.15) is 16.8 Å². The highest BCUT2D eigenvalue weighted by molar-refractivity contribution is 7.07. The number of hydrogen-bond acceptors (Lipinski definition) is 4. The summed E-state index contributed by atoms with van der Waals surface area (Å²) in [6.45, 7) is 2.21. The van der Waals surface area contributed by atoms with Gasteiger partial charge in [0.1, 0.15) is 5.82 Å². The molecule has 1 aromatic heterocycles. The number of thiazole rings is 1. The molecule has 1 N–H and O–H groups in total. The topological polar surface area (TPSA) is 48.7 Å². The summed E-state index contributed by atoms with van der Waals surface area (Å²) >= 11 is 1.51. The van der Waals surface area contributed by atoms with Gasteiger partial charge in [-0.3, -0.25) is 0 Å². The van der Waals surface area contributed by atoms with Crippen LogP contribution in [-0.4, -0.2) is 4.98 Å². The number of nitrogens with zero attached hydrogens (tertiary/aromatic N) is 2. The van der Waals surface area contributed by atoms with Gasteiger partial charge in [-0.15, -0.1) is 11.3 Å². The first kappa shape index (κ1) is 11.6. The van der Waals surface area contributed by atoms with Crippen molar-refractivity contribution in [3.05, 3.63) is 45.7 Å². The first-order valence-corrected chi connectivity index (χ1v) is 5.96. The van der Waals surface area contributed by atoms with E-state index >= 15 is 0 Å². The van der Waals surface area contributed by atoms with E-state index in [0.717, 1.165) is 5.69 Å². The minimum atomic E-state index is -0.371. The zero-order valence-corrected chi connectivity index (χ0v) is 10.0. The summed E-state index contributed by atoms with van der Waals surface area (Å²) in [7, 11) is 0. The summed E-state index contributed by atoms with van der Waals surface area (Å²) in [5, 5.41) is 13.8. The number of anilines is 1. The Balaban J connectivity index is 2.20. The predicted octanol–water partition coefficient (Wildman–Crippen LogP) is 3.07. The first-order valence-electron chi connectivity index (χ1n) is 5.02. The van der Waals surface area contributed by atoms with Crippen LogP contribution < -0.4 is 5.32 Å². The van der Waals surface area contributed by atoms with Crippen LogP contribution in [0.3, 0.4) is 0 Å². The maximum Gasteiger partial charge on any atom is 0.129 e. The first-order chi connectivity index (χ1) is 8.20. The molecule has 0 saturated carbocycles. The average Bonchev–Trinajstić information content (AvgIpc) is 2.84. The molecule has 86 valence electrons. The Labute approximate surface area is 103 Å². The van der Waals surface area contributed by atoms with Crippen molar-refractivity contribution in [2.75, 3.05) is 5.32 Å². The number of hydrogen-bond donors (Lipinski definition) is 1. The van der Waals surface area contributed by atoms with Gasteiger partial charge in [-0.1, -0.05) is 0 Å². The standard InChI is InChI=1S/C12H10FN3S/c1-8-11(13)2-9(4-14)3-12(8)15-5-10-6-17-7-16-10/h2-3,6-7,15H,5H2,1H3. The van der Waals surface area contributed by atoms with Gasteiger partial charge < -0.3 is 5.32 Å². The molecule has 1 heterocycles. The highest BCUT2D eigenvalue weighted by Crippen LogP contribution is 2.21. The van der Waals surface area contributed by atoms with E-state index in [-0.39, 0.29) is 5.82 Å². The van der Waals surface area contributed by atoms with Crippen molar-refractivity contribution >= 4 is 17.0 Å². The van der Waals surface area contributed by atoms with E-state index in [1.165, 1.54) is 17.4 Å². The molecular weight excluding hydrogens is 237 g/mol. The van der Waals surface area contributed by atoms with Gasteiger partial charge in [0.15, 0.2) is 0 Å². The molecule has 2 aromatic rings. The lowest BCUT2D eigenvalue weighted by molar-refractivity contribution is 0.618. The van der Waals surface area contributed by atoms with E-state index in [1.54, 1.807) is 18.5 Å². The van der Waals surface area contributed by atoms with E-state index < -0.39 is 0 Å². The molecule has 0 amide bonds. The summed E-state index contributed by atoms with van der Waals surface area (Å²) in [6.07, 6.45) is 0. The van der Waals surface area contributed by atoms with Crippen LogP contribution in [0.25, 0.3) is 0 Å². The van der Waals surface area contributed by atoms with Crippen molar-refractivity contribution in [2.24, 2.45) is 0 Å². The van der Waals surface area contributed by atoms with Crippen LogP contribution in [0.2, 0.25) is 0 Å². The summed E-state index contributed by atoms with van der Waals surface area (Å²) in [5.74, 6) is -0.371. The Morgan fingerprint density at radius 1 is 1.53 bits per heavy atom. The summed E-state index contributed by atoms with van der Waals surface area (Å²) in [5.41, 5.74) is 4.11. The molecule has 1 aromatic carbocycles. The Morgan fingerprint density at radius 2 is 2.35 bits per heavy atom. The normalized spacial score (nSPS) is 9.94. The fourth-order valence-electron chi connectivity index (χ4n) is 1.44. The SMILES string of the molecule is Cc1c(F)cc(C#N)cc1NCc1cscn1. The van der Waals surface area contributed by atoms with Gasteiger partial charge in [-0.2, -0.15) is 5.26 Å². The average molecular weight is 247 g/mol. The third-order valence-electron chi connectivity index (χ3n) is 2.42. The zero-order valence-electron chi connectivity index (χ0n) is 9.20. The Bertz CT molecular complexity index is 558. The van der Waals surface area contributed by atoms with E-state index in [0.29, 0.717) is 23.4 Å². The number of rotatable bonds is 3. The van der Waals surface area contributed by atoms with E-state index in [2.05, 4.69) is 10.3 Å². The van der Waals surface area contributed by atoms with Crippen molar-refractivity contribution in [2.45, 2.75) is 13.5 Å². The number of nitrogens with one attached hydrogen (secondary N) is 1. The van der Waals surface area contributed by atoms with Crippen LogP contribution in [0.4, 0.5) is 10.1 Å². The molecule has 0 aliphatic carbocycles. The van der Waals surface area contributed by atoms with Gasteiger partial charge in [-0.25, -0.2) is 9.37 Å². The molecule has 2 rings (SSSR count). The quantitative estimate of drug-likeness (QED) is 0.906. The van der Waals surface area contributed by atoms with Crippen LogP contribution in [-0.2, 0) is 6.54 Å². The molecule has 0 fully saturated rings. The molecule has 0 atom stereocenters. The molecule has 0 radical (unpaired) electrons. The van der Waals surface area contributed by atoms with E-state index in [4.69, 9.17) is 5.26 Å². The highest BCUT2D eigenvalue weighted by atomic mass is 32.1. The van der Waals surface area contributed by atoms with E-state index in [9.17, 15) is 4.39 Å². The van der Waals surface area contributed by atoms with Gasteiger partial charge in [0.2, 0.25) is 0 Å². The smallest absolute Gasteiger partial charge is 0.129 e. The number of nitriles is 1. The molecule has 0 aliphatic heterocycles. The molecule has 3 nitrogen and oxygen atoms in total. The molecule has 17 heavy (non-hydrogen) atoms. The lowest BCUT2D eigenvalue weighted by Crippen LogP contribution is -2.03. The molecular formula is C12H10FN3S. The zero-order chi connectivity index (χ0) is 12.3. The third kappa shape index (κ3) is 2.60. The van der Waals surface area contributed by atoms with Crippen molar-refractivity contribution in [1.29, 1.82) is 5.26 Å². The predicted molar refractivity (Wildman–Crippen MR) is 65.3 cm³/mol. The maximum absolute atomic E-state index is 13.5. The molecule has 0 bridgehead atoms. The van der Waals surface area contributed by atoms with Crippen molar-refractivity contribution in [1.82, 2.24) is 4.98 Å². The lowest BCUT2D eigenvalue weighted by Gasteiger charge is -2.09. The van der Waals surface area contributed by atoms with Crippen molar-refractivity contribution in [3.8, 4) is 6.07 Å². The summed E-state index contributed by atoms with van der Waals surface area (Å²) in [6, 6.07) is 4.82. The van der Waals surface area contributed by atoms with Gasteiger partial charge in [0.25, 0.3) is 0 Å². The van der Waals surface area contributed by atoms with Crippen LogP contribution in [0, 0.1) is 24.1 Å². The maximum atomic E-state index is 13.5. The Kier molecular flexibility index (Phi) is 3.35. The van der Waals surface area contributed by atoms with Gasteiger partial charge in [0, 0.05) is 16.6 Å². The molecule has 0 saturated heterocycles. The molecule has 0 aliphatic rings. The lowest BCUT2D eigenvalue weighted by atomic mass is 10.1.